The lowest BCUT2D eigenvalue weighted by atomic mass is 10.0. The first-order valence-electron chi connectivity index (χ1n) is 7.15. The van der Waals surface area contributed by atoms with Crippen molar-refractivity contribution in [2.45, 2.75) is 20.3 Å². The van der Waals surface area contributed by atoms with Crippen molar-refractivity contribution in [3.63, 3.8) is 0 Å². The van der Waals surface area contributed by atoms with Gasteiger partial charge in [-0.05, 0) is 23.8 Å². The molecule has 130 valence electrons. The van der Waals surface area contributed by atoms with Crippen molar-refractivity contribution >= 4 is 23.8 Å². The molecule has 0 aliphatic rings. The van der Waals surface area contributed by atoms with Crippen molar-refractivity contribution < 1.29 is 33.3 Å². The maximum atomic E-state index is 11.9. The summed E-state index contributed by atoms with van der Waals surface area (Å²) in [6, 6.07) is 3.04. The predicted molar refractivity (Wildman–Crippen MR) is 86.1 cm³/mol. The van der Waals surface area contributed by atoms with Gasteiger partial charge in [0.1, 0.15) is 5.57 Å². The average molecular weight is 336 g/mol. The summed E-state index contributed by atoms with van der Waals surface area (Å²) < 4.78 is 20.1. The zero-order valence-corrected chi connectivity index (χ0v) is 14.3. The Hall–Kier alpha value is -2.83. The van der Waals surface area contributed by atoms with Crippen molar-refractivity contribution in [1.29, 1.82) is 0 Å². The number of ether oxygens (including phenoxy) is 4. The Morgan fingerprint density at radius 2 is 1.58 bits per heavy atom. The van der Waals surface area contributed by atoms with Crippen LogP contribution in [0.3, 0.4) is 0 Å². The van der Waals surface area contributed by atoms with Gasteiger partial charge in [0, 0.05) is 13.3 Å². The Kier molecular flexibility index (Phi) is 6.98. The van der Waals surface area contributed by atoms with Crippen LogP contribution >= 0.6 is 0 Å². The van der Waals surface area contributed by atoms with E-state index in [0.29, 0.717) is 5.56 Å². The Balaban J connectivity index is 3.48. The standard InChI is InChI=1S/C17H20O7/c1-6-13(19)12(17(20)23-5)7-11-8-14(21-3)16(24-10(2)18)15(9-11)22-4/h7-9H,6H2,1-5H3/b12-7+. The first-order chi connectivity index (χ1) is 11.4. The normalized spacial score (nSPS) is 10.8. The van der Waals surface area contributed by atoms with Crippen LogP contribution in [0.15, 0.2) is 17.7 Å². The molecule has 0 aliphatic carbocycles. The highest BCUT2D eigenvalue weighted by molar-refractivity contribution is 6.20. The summed E-state index contributed by atoms with van der Waals surface area (Å²) in [5.41, 5.74) is 0.367. The summed E-state index contributed by atoms with van der Waals surface area (Å²) in [6.45, 7) is 2.89. The zero-order valence-electron chi connectivity index (χ0n) is 14.3. The van der Waals surface area contributed by atoms with Gasteiger partial charge in [-0.25, -0.2) is 4.79 Å². The van der Waals surface area contributed by atoms with Gasteiger partial charge in [0.2, 0.25) is 5.75 Å². The van der Waals surface area contributed by atoms with Gasteiger partial charge in [0.25, 0.3) is 0 Å². The van der Waals surface area contributed by atoms with E-state index >= 15 is 0 Å². The van der Waals surface area contributed by atoms with Crippen molar-refractivity contribution in [2.24, 2.45) is 0 Å². The number of carbonyl (C=O) groups excluding carboxylic acids is 3. The van der Waals surface area contributed by atoms with Crippen LogP contribution in [-0.4, -0.2) is 39.1 Å². The van der Waals surface area contributed by atoms with E-state index in [-0.39, 0.29) is 35.0 Å². The zero-order chi connectivity index (χ0) is 18.3. The van der Waals surface area contributed by atoms with Crippen molar-refractivity contribution in [2.75, 3.05) is 21.3 Å². The molecule has 0 aromatic heterocycles. The number of carbonyl (C=O) groups is 3. The molecule has 24 heavy (non-hydrogen) atoms. The fourth-order valence-electron chi connectivity index (χ4n) is 1.95. The van der Waals surface area contributed by atoms with Crippen LogP contribution in [0.4, 0.5) is 0 Å². The summed E-state index contributed by atoms with van der Waals surface area (Å²) in [6.07, 6.45) is 1.53. The van der Waals surface area contributed by atoms with E-state index in [1.807, 2.05) is 0 Å². The van der Waals surface area contributed by atoms with E-state index in [2.05, 4.69) is 4.74 Å². The number of ketones is 1. The molecule has 0 amide bonds. The van der Waals surface area contributed by atoms with Gasteiger partial charge in [-0.1, -0.05) is 6.92 Å². The third-order valence-corrected chi connectivity index (χ3v) is 3.07. The maximum Gasteiger partial charge on any atom is 0.341 e. The van der Waals surface area contributed by atoms with Gasteiger partial charge in [0.15, 0.2) is 17.3 Å². The Morgan fingerprint density at radius 1 is 1.04 bits per heavy atom. The summed E-state index contributed by atoms with van der Waals surface area (Å²) >= 11 is 0. The maximum absolute atomic E-state index is 11.9. The number of hydrogen-bond donors (Lipinski definition) is 0. The molecule has 1 rings (SSSR count). The minimum atomic E-state index is -0.733. The Bertz CT molecular complexity index is 631. The Labute approximate surface area is 140 Å². The molecule has 0 spiro atoms. The van der Waals surface area contributed by atoms with Crippen molar-refractivity contribution in [3.05, 3.63) is 23.3 Å². The number of esters is 2. The molecule has 0 saturated carbocycles. The van der Waals surface area contributed by atoms with Gasteiger partial charge in [-0.3, -0.25) is 9.59 Å². The van der Waals surface area contributed by atoms with Crippen LogP contribution < -0.4 is 14.2 Å². The summed E-state index contributed by atoms with van der Waals surface area (Å²) in [7, 11) is 3.99. The van der Waals surface area contributed by atoms with E-state index in [4.69, 9.17) is 14.2 Å². The molecule has 1 aromatic rings. The van der Waals surface area contributed by atoms with E-state index in [9.17, 15) is 14.4 Å². The van der Waals surface area contributed by atoms with Crippen molar-refractivity contribution in [3.8, 4) is 17.2 Å². The van der Waals surface area contributed by atoms with E-state index in [1.54, 1.807) is 6.92 Å². The lowest BCUT2D eigenvalue weighted by molar-refractivity contribution is -0.137. The molecule has 7 heteroatoms. The largest absolute Gasteiger partial charge is 0.493 e. The van der Waals surface area contributed by atoms with Gasteiger partial charge in [-0.15, -0.1) is 0 Å². The molecule has 0 saturated heterocycles. The fraction of sp³-hybridized carbons (Fsp3) is 0.353. The first-order valence-corrected chi connectivity index (χ1v) is 7.15. The third-order valence-electron chi connectivity index (χ3n) is 3.07. The van der Waals surface area contributed by atoms with Gasteiger partial charge < -0.3 is 18.9 Å². The first kappa shape index (κ1) is 19.2. The van der Waals surface area contributed by atoms with Crippen molar-refractivity contribution in [1.82, 2.24) is 0 Å². The van der Waals surface area contributed by atoms with Crippen LogP contribution in [0.25, 0.3) is 6.08 Å². The number of hydrogen-bond acceptors (Lipinski definition) is 7. The quantitative estimate of drug-likeness (QED) is 0.248. The molecule has 0 heterocycles. The number of rotatable bonds is 7. The van der Waals surface area contributed by atoms with Gasteiger partial charge in [0.05, 0.1) is 21.3 Å². The third kappa shape index (κ3) is 4.58. The molecular weight excluding hydrogens is 316 g/mol. The molecule has 0 unspecified atom stereocenters. The Morgan fingerprint density at radius 3 is 1.96 bits per heavy atom. The van der Waals surface area contributed by atoms with E-state index < -0.39 is 11.9 Å². The minimum absolute atomic E-state index is 0.0932. The molecule has 0 atom stereocenters. The lowest BCUT2D eigenvalue weighted by Gasteiger charge is -2.13. The van der Waals surface area contributed by atoms with Gasteiger partial charge in [-0.2, -0.15) is 0 Å². The minimum Gasteiger partial charge on any atom is -0.493 e. The van der Waals surface area contributed by atoms with E-state index in [0.717, 1.165) is 0 Å². The second-order valence-corrected chi connectivity index (χ2v) is 4.67. The molecule has 1 aromatic carbocycles. The highest BCUT2D eigenvalue weighted by Crippen LogP contribution is 2.39. The molecule has 0 aliphatic heterocycles. The number of benzene rings is 1. The highest BCUT2D eigenvalue weighted by atomic mass is 16.6. The van der Waals surface area contributed by atoms with Crippen LogP contribution in [0.2, 0.25) is 0 Å². The number of methoxy groups -OCH3 is 3. The fourth-order valence-corrected chi connectivity index (χ4v) is 1.95. The monoisotopic (exact) mass is 336 g/mol. The van der Waals surface area contributed by atoms with E-state index in [1.165, 1.54) is 46.5 Å². The summed E-state index contributed by atoms with van der Waals surface area (Å²) in [5.74, 6) is -1.06. The molecule has 7 nitrogen and oxygen atoms in total. The van der Waals surface area contributed by atoms with Crippen LogP contribution in [0.1, 0.15) is 25.8 Å². The van der Waals surface area contributed by atoms with Crippen LogP contribution in [-0.2, 0) is 19.1 Å². The number of Topliss-reactive ketones (excluding diaryl/α,β-unsaturated/α-hetero) is 1. The SMILES string of the molecule is CCC(=O)/C(=C\c1cc(OC)c(OC(C)=O)c(OC)c1)C(=O)OC. The summed E-state index contributed by atoms with van der Waals surface area (Å²) in [4.78, 5) is 34.9. The topological polar surface area (TPSA) is 88.1 Å². The molecule has 0 bridgehead atoms. The summed E-state index contributed by atoms with van der Waals surface area (Å²) in [5, 5.41) is 0. The molecule has 0 N–H and O–H groups in total. The highest BCUT2D eigenvalue weighted by Gasteiger charge is 2.20. The smallest absolute Gasteiger partial charge is 0.341 e. The van der Waals surface area contributed by atoms with Crippen LogP contribution in [0.5, 0.6) is 17.2 Å². The van der Waals surface area contributed by atoms with Crippen LogP contribution in [0, 0.1) is 0 Å². The molecule has 0 radical (unpaired) electrons. The average Bonchev–Trinajstić information content (AvgIpc) is 2.58. The molecule has 0 fully saturated rings. The second-order valence-electron chi connectivity index (χ2n) is 4.67. The predicted octanol–water partition coefficient (Wildman–Crippen LogP) is 2.16. The molecular formula is C17H20O7. The van der Waals surface area contributed by atoms with Gasteiger partial charge >= 0.3 is 11.9 Å². The second kappa shape index (κ2) is 8.71. The lowest BCUT2D eigenvalue weighted by Crippen LogP contribution is -2.13.